The molecule has 0 amide bonds. The second-order valence-electron chi connectivity index (χ2n) is 3.93. The molecule has 0 aromatic carbocycles. The Kier molecular flexibility index (Phi) is 4.82. The number of thiocarbonyl (C=S) groups is 1. The summed E-state index contributed by atoms with van der Waals surface area (Å²) in [5.41, 5.74) is 5.61. The molecular formula is C10H19N5S. The second kappa shape index (κ2) is 5.91. The first-order valence-corrected chi connectivity index (χ1v) is 5.80. The normalized spacial score (nSPS) is 13.0. The Bertz CT molecular complexity index is 349. The summed E-state index contributed by atoms with van der Waals surface area (Å²) in [5.74, 6) is 1.18. The predicted molar refractivity (Wildman–Crippen MR) is 67.9 cm³/mol. The van der Waals surface area contributed by atoms with E-state index in [-0.39, 0.29) is 5.92 Å². The molecule has 90 valence electrons. The third-order valence-electron chi connectivity index (χ3n) is 2.64. The van der Waals surface area contributed by atoms with Gasteiger partial charge in [-0.2, -0.15) is 5.10 Å². The maximum absolute atomic E-state index is 5.61. The first-order valence-electron chi connectivity index (χ1n) is 5.39. The van der Waals surface area contributed by atoms with Gasteiger partial charge >= 0.3 is 0 Å². The third-order valence-corrected chi connectivity index (χ3v) is 3.04. The van der Waals surface area contributed by atoms with Crippen LogP contribution in [0.25, 0.3) is 0 Å². The van der Waals surface area contributed by atoms with E-state index < -0.39 is 0 Å². The van der Waals surface area contributed by atoms with E-state index in [1.807, 2.05) is 14.0 Å². The van der Waals surface area contributed by atoms with Crippen LogP contribution in [0.2, 0.25) is 0 Å². The van der Waals surface area contributed by atoms with E-state index in [0.717, 1.165) is 25.5 Å². The van der Waals surface area contributed by atoms with E-state index in [1.165, 1.54) is 0 Å². The molecule has 0 radical (unpaired) electrons. The van der Waals surface area contributed by atoms with Crippen molar-refractivity contribution in [3.05, 3.63) is 12.2 Å². The predicted octanol–water partition coefficient (Wildman–Crippen LogP) is 0.559. The standard InChI is InChI=1S/C10H19N5S/c1-4-15(5-8(2)10(11)16)6-9-12-7-13-14(9)3/h7-8H,4-6H2,1-3H3,(H2,11,16). The Morgan fingerprint density at radius 2 is 2.38 bits per heavy atom. The number of hydrogen-bond donors (Lipinski definition) is 1. The largest absolute Gasteiger partial charge is 0.393 e. The Morgan fingerprint density at radius 1 is 1.69 bits per heavy atom. The minimum Gasteiger partial charge on any atom is -0.393 e. The lowest BCUT2D eigenvalue weighted by molar-refractivity contribution is 0.254. The third kappa shape index (κ3) is 3.53. The Balaban J connectivity index is 2.56. The summed E-state index contributed by atoms with van der Waals surface area (Å²) in [5, 5.41) is 4.05. The first-order chi connectivity index (χ1) is 7.54. The van der Waals surface area contributed by atoms with Crippen LogP contribution in [0, 0.1) is 5.92 Å². The fourth-order valence-electron chi connectivity index (χ4n) is 1.45. The molecule has 2 N–H and O–H groups in total. The molecule has 1 atom stereocenters. The highest BCUT2D eigenvalue weighted by Crippen LogP contribution is 2.04. The quantitative estimate of drug-likeness (QED) is 0.737. The average molecular weight is 241 g/mol. The lowest BCUT2D eigenvalue weighted by atomic mass is 10.1. The van der Waals surface area contributed by atoms with Gasteiger partial charge in [-0.25, -0.2) is 4.98 Å². The van der Waals surface area contributed by atoms with E-state index in [4.69, 9.17) is 18.0 Å². The van der Waals surface area contributed by atoms with Gasteiger partial charge in [-0.15, -0.1) is 0 Å². The van der Waals surface area contributed by atoms with E-state index in [9.17, 15) is 0 Å². The van der Waals surface area contributed by atoms with Crippen LogP contribution in [-0.4, -0.2) is 37.7 Å². The molecule has 0 aliphatic heterocycles. The van der Waals surface area contributed by atoms with E-state index in [0.29, 0.717) is 4.99 Å². The van der Waals surface area contributed by atoms with Crippen LogP contribution in [0.15, 0.2) is 6.33 Å². The van der Waals surface area contributed by atoms with Gasteiger partial charge in [0.05, 0.1) is 11.5 Å². The second-order valence-corrected chi connectivity index (χ2v) is 4.40. The van der Waals surface area contributed by atoms with Gasteiger partial charge in [0.1, 0.15) is 12.2 Å². The average Bonchev–Trinajstić information content (AvgIpc) is 2.63. The van der Waals surface area contributed by atoms with Gasteiger partial charge in [-0.3, -0.25) is 9.58 Å². The van der Waals surface area contributed by atoms with Crippen LogP contribution in [0.5, 0.6) is 0 Å². The number of hydrogen-bond acceptors (Lipinski definition) is 4. The van der Waals surface area contributed by atoms with Gasteiger partial charge in [0.15, 0.2) is 0 Å². The Morgan fingerprint density at radius 3 is 2.81 bits per heavy atom. The highest BCUT2D eigenvalue weighted by Gasteiger charge is 2.13. The molecule has 0 bridgehead atoms. The smallest absolute Gasteiger partial charge is 0.140 e. The molecule has 0 aliphatic carbocycles. The maximum Gasteiger partial charge on any atom is 0.140 e. The van der Waals surface area contributed by atoms with E-state index in [1.54, 1.807) is 11.0 Å². The van der Waals surface area contributed by atoms with Gasteiger partial charge < -0.3 is 5.73 Å². The van der Waals surface area contributed by atoms with Crippen molar-refractivity contribution < 1.29 is 0 Å². The molecule has 0 fully saturated rings. The number of aryl methyl sites for hydroxylation is 1. The molecule has 0 saturated carbocycles. The fraction of sp³-hybridized carbons (Fsp3) is 0.700. The molecule has 1 unspecified atom stereocenters. The summed E-state index contributed by atoms with van der Waals surface area (Å²) in [6.45, 7) is 6.74. The van der Waals surface area contributed by atoms with Gasteiger partial charge in [-0.1, -0.05) is 26.1 Å². The summed E-state index contributed by atoms with van der Waals surface area (Å²) in [4.78, 5) is 7.03. The van der Waals surface area contributed by atoms with Gasteiger partial charge in [0.2, 0.25) is 0 Å². The van der Waals surface area contributed by atoms with Crippen molar-refractivity contribution in [2.75, 3.05) is 13.1 Å². The summed E-state index contributed by atoms with van der Waals surface area (Å²) >= 11 is 4.98. The zero-order valence-corrected chi connectivity index (χ0v) is 10.9. The van der Waals surface area contributed by atoms with Crippen LogP contribution in [0.4, 0.5) is 0 Å². The topological polar surface area (TPSA) is 60.0 Å². The number of rotatable bonds is 6. The molecule has 1 rings (SSSR count). The van der Waals surface area contributed by atoms with Crippen LogP contribution in [0.1, 0.15) is 19.7 Å². The molecule has 0 aliphatic rings. The molecule has 1 heterocycles. The molecule has 1 aromatic heterocycles. The lowest BCUT2D eigenvalue weighted by Crippen LogP contribution is -2.34. The van der Waals surface area contributed by atoms with Crippen molar-refractivity contribution in [1.29, 1.82) is 0 Å². The highest BCUT2D eigenvalue weighted by molar-refractivity contribution is 7.80. The van der Waals surface area contributed by atoms with Crippen molar-refractivity contribution in [3.63, 3.8) is 0 Å². The van der Waals surface area contributed by atoms with Crippen LogP contribution in [0.3, 0.4) is 0 Å². The number of nitrogens with two attached hydrogens (primary N) is 1. The zero-order chi connectivity index (χ0) is 12.1. The monoisotopic (exact) mass is 241 g/mol. The number of aromatic nitrogens is 3. The minimum absolute atomic E-state index is 0.225. The van der Waals surface area contributed by atoms with Crippen molar-refractivity contribution in [1.82, 2.24) is 19.7 Å². The highest BCUT2D eigenvalue weighted by atomic mass is 32.1. The molecular weight excluding hydrogens is 222 g/mol. The van der Waals surface area contributed by atoms with Crippen LogP contribution >= 0.6 is 12.2 Å². The molecule has 16 heavy (non-hydrogen) atoms. The van der Waals surface area contributed by atoms with Gasteiger partial charge in [-0.05, 0) is 6.54 Å². The van der Waals surface area contributed by atoms with Crippen molar-refractivity contribution in [2.45, 2.75) is 20.4 Å². The molecule has 5 nitrogen and oxygen atoms in total. The summed E-state index contributed by atoms with van der Waals surface area (Å²) in [7, 11) is 1.90. The minimum atomic E-state index is 0.225. The summed E-state index contributed by atoms with van der Waals surface area (Å²) in [6, 6.07) is 0. The molecule has 0 spiro atoms. The Hall–Kier alpha value is -1.01. The van der Waals surface area contributed by atoms with E-state index >= 15 is 0 Å². The van der Waals surface area contributed by atoms with Crippen molar-refractivity contribution in [3.8, 4) is 0 Å². The molecule has 6 heteroatoms. The lowest BCUT2D eigenvalue weighted by Gasteiger charge is -2.23. The zero-order valence-electron chi connectivity index (χ0n) is 10.1. The fourth-order valence-corrected chi connectivity index (χ4v) is 1.52. The Labute approximate surface area is 102 Å². The van der Waals surface area contributed by atoms with Gasteiger partial charge in [0.25, 0.3) is 0 Å². The molecule has 1 aromatic rings. The summed E-state index contributed by atoms with van der Waals surface area (Å²) in [6.07, 6.45) is 1.57. The van der Waals surface area contributed by atoms with Crippen LogP contribution in [-0.2, 0) is 13.6 Å². The summed E-state index contributed by atoms with van der Waals surface area (Å²) < 4.78 is 1.79. The number of nitrogens with zero attached hydrogens (tertiary/aromatic N) is 4. The van der Waals surface area contributed by atoms with Gasteiger partial charge in [0, 0.05) is 19.5 Å². The SMILES string of the molecule is CCN(Cc1ncnn1C)CC(C)C(N)=S. The van der Waals surface area contributed by atoms with Crippen molar-refractivity contribution >= 4 is 17.2 Å². The first kappa shape index (κ1) is 13.1. The maximum atomic E-state index is 5.61. The van der Waals surface area contributed by atoms with Crippen LogP contribution < -0.4 is 5.73 Å². The molecule has 0 saturated heterocycles. The van der Waals surface area contributed by atoms with E-state index in [2.05, 4.69) is 21.9 Å². The van der Waals surface area contributed by atoms with Crippen molar-refractivity contribution in [2.24, 2.45) is 18.7 Å².